The molecule has 10 heteroatoms. The number of aromatic nitrogens is 3. The molecular formula is C18H15F2N5O3. The lowest BCUT2D eigenvalue weighted by Crippen LogP contribution is -2.33. The summed E-state index contributed by atoms with van der Waals surface area (Å²) in [5.74, 6) is -2.59. The Kier molecular flexibility index (Phi) is 4.60. The lowest BCUT2D eigenvalue weighted by atomic mass is 9.93. The molecule has 2 atom stereocenters. The molecule has 1 fully saturated rings. The van der Waals surface area contributed by atoms with Crippen molar-refractivity contribution < 1.29 is 22.7 Å². The molecule has 1 aliphatic heterocycles. The van der Waals surface area contributed by atoms with Crippen molar-refractivity contribution in [2.45, 2.75) is 12.0 Å². The third-order valence-electron chi connectivity index (χ3n) is 4.45. The number of nitrogens with zero attached hydrogens (tertiary/aromatic N) is 3. The zero-order valence-electron chi connectivity index (χ0n) is 14.6. The summed E-state index contributed by atoms with van der Waals surface area (Å²) in [6.45, 7) is 0.0558. The van der Waals surface area contributed by atoms with Crippen LogP contribution in [0, 0.1) is 11.6 Å². The van der Waals surface area contributed by atoms with Gasteiger partial charge in [0.1, 0.15) is 23.4 Å². The highest BCUT2D eigenvalue weighted by Gasteiger charge is 2.40. The Bertz CT molecular complexity index is 988. The zero-order chi connectivity index (χ0) is 19.7. The summed E-state index contributed by atoms with van der Waals surface area (Å²) in [7, 11) is 1.31. The maximum absolute atomic E-state index is 14.5. The van der Waals surface area contributed by atoms with Crippen LogP contribution in [0.3, 0.4) is 0 Å². The first-order chi connectivity index (χ1) is 13.6. The molecule has 0 bridgehead atoms. The second kappa shape index (κ2) is 7.22. The van der Waals surface area contributed by atoms with Crippen LogP contribution in [0.15, 0.2) is 41.1 Å². The predicted molar refractivity (Wildman–Crippen MR) is 93.6 cm³/mol. The van der Waals surface area contributed by atoms with E-state index in [1.165, 1.54) is 7.11 Å². The second-order valence-corrected chi connectivity index (χ2v) is 6.13. The van der Waals surface area contributed by atoms with Crippen molar-refractivity contribution in [3.63, 3.8) is 0 Å². The van der Waals surface area contributed by atoms with Crippen LogP contribution >= 0.6 is 0 Å². The molecule has 0 unspecified atom stereocenters. The molecule has 0 spiro atoms. The van der Waals surface area contributed by atoms with Gasteiger partial charge >= 0.3 is 6.01 Å². The van der Waals surface area contributed by atoms with Gasteiger partial charge in [-0.25, -0.2) is 8.78 Å². The normalized spacial score (nSPS) is 18.8. The van der Waals surface area contributed by atoms with E-state index >= 15 is 0 Å². The van der Waals surface area contributed by atoms with E-state index in [1.807, 2.05) is 0 Å². The lowest BCUT2D eigenvalue weighted by Gasteiger charge is -2.19. The molecule has 2 aromatic heterocycles. The summed E-state index contributed by atoms with van der Waals surface area (Å²) in [5.41, 5.74) is 0.381. The molecule has 1 aliphatic rings. The van der Waals surface area contributed by atoms with Crippen LogP contribution in [-0.2, 0) is 4.79 Å². The predicted octanol–water partition coefficient (Wildman–Crippen LogP) is 2.11. The van der Waals surface area contributed by atoms with E-state index in [4.69, 9.17) is 9.15 Å². The fourth-order valence-electron chi connectivity index (χ4n) is 3.11. The van der Waals surface area contributed by atoms with Crippen LogP contribution in [0.2, 0.25) is 0 Å². The van der Waals surface area contributed by atoms with Gasteiger partial charge in [-0.1, -0.05) is 5.10 Å². The van der Waals surface area contributed by atoms with E-state index in [0.29, 0.717) is 5.56 Å². The Morgan fingerprint density at radius 1 is 1.29 bits per heavy atom. The van der Waals surface area contributed by atoms with Crippen LogP contribution in [0.25, 0.3) is 11.5 Å². The molecule has 144 valence electrons. The van der Waals surface area contributed by atoms with Crippen LogP contribution < -0.4 is 15.4 Å². The Hall–Kier alpha value is -3.56. The first-order valence-corrected chi connectivity index (χ1v) is 8.38. The maximum Gasteiger partial charge on any atom is 0.316 e. The van der Waals surface area contributed by atoms with Gasteiger partial charge in [-0.2, -0.15) is 0 Å². The molecule has 3 aromatic rings. The highest BCUT2D eigenvalue weighted by Crippen LogP contribution is 2.33. The fraction of sp³-hybridized carbons (Fsp3) is 0.222. The summed E-state index contributed by atoms with van der Waals surface area (Å²) in [5, 5.41) is 13.1. The number of methoxy groups -OCH3 is 1. The minimum atomic E-state index is -0.986. The number of hydrogen-bond acceptors (Lipinski definition) is 7. The average Bonchev–Trinajstić information content (AvgIpc) is 3.30. The Balaban J connectivity index is 1.61. The number of benzene rings is 1. The Labute approximate surface area is 157 Å². The first kappa shape index (κ1) is 17.8. The molecule has 1 saturated heterocycles. The van der Waals surface area contributed by atoms with Crippen LogP contribution in [0.4, 0.5) is 14.8 Å². The third-order valence-corrected chi connectivity index (χ3v) is 4.45. The molecule has 0 aliphatic carbocycles. The largest absolute Gasteiger partial charge is 0.497 e. The molecule has 2 N–H and O–H groups in total. The van der Waals surface area contributed by atoms with Crippen molar-refractivity contribution in [2.24, 2.45) is 0 Å². The van der Waals surface area contributed by atoms with Gasteiger partial charge in [-0.05, 0) is 12.1 Å². The number of anilines is 1. The number of halogens is 2. The topological polar surface area (TPSA) is 102 Å². The molecule has 1 amide bonds. The number of hydrogen-bond donors (Lipinski definition) is 2. The van der Waals surface area contributed by atoms with Gasteiger partial charge in [-0.15, -0.1) is 5.10 Å². The van der Waals surface area contributed by atoms with Gasteiger partial charge in [0.2, 0.25) is 5.91 Å². The Morgan fingerprint density at radius 2 is 2.07 bits per heavy atom. The third kappa shape index (κ3) is 3.24. The van der Waals surface area contributed by atoms with Gasteiger partial charge in [0.15, 0.2) is 0 Å². The highest BCUT2D eigenvalue weighted by molar-refractivity contribution is 5.88. The average molecular weight is 387 g/mol. The van der Waals surface area contributed by atoms with Crippen molar-refractivity contribution in [3.8, 4) is 17.2 Å². The van der Waals surface area contributed by atoms with Crippen LogP contribution in [0.1, 0.15) is 11.5 Å². The molecule has 8 nitrogen and oxygen atoms in total. The molecular weight excluding hydrogens is 372 g/mol. The summed E-state index contributed by atoms with van der Waals surface area (Å²) in [4.78, 5) is 16.2. The van der Waals surface area contributed by atoms with Gasteiger partial charge in [0.05, 0.1) is 12.7 Å². The first-order valence-electron chi connectivity index (χ1n) is 8.38. The number of carbonyl (C=O) groups is 1. The summed E-state index contributed by atoms with van der Waals surface area (Å²) >= 11 is 0. The fourth-order valence-corrected chi connectivity index (χ4v) is 3.11. The lowest BCUT2D eigenvalue weighted by molar-refractivity contribution is -0.119. The highest BCUT2D eigenvalue weighted by atomic mass is 19.1. The van der Waals surface area contributed by atoms with E-state index < -0.39 is 29.5 Å². The molecule has 3 heterocycles. The molecule has 28 heavy (non-hydrogen) atoms. The van der Waals surface area contributed by atoms with Crippen LogP contribution in [0.5, 0.6) is 5.75 Å². The van der Waals surface area contributed by atoms with Gasteiger partial charge in [-0.3, -0.25) is 9.78 Å². The molecule has 1 aromatic carbocycles. The van der Waals surface area contributed by atoms with Crippen molar-refractivity contribution >= 4 is 11.9 Å². The molecule has 0 radical (unpaired) electrons. The van der Waals surface area contributed by atoms with E-state index in [-0.39, 0.29) is 29.8 Å². The number of rotatable bonds is 5. The van der Waals surface area contributed by atoms with Gasteiger partial charge < -0.3 is 19.8 Å². The number of nitrogens with one attached hydrogen (secondary N) is 2. The van der Waals surface area contributed by atoms with Crippen molar-refractivity contribution in [3.05, 3.63) is 53.9 Å². The smallest absolute Gasteiger partial charge is 0.316 e. The Morgan fingerprint density at radius 3 is 2.75 bits per heavy atom. The number of carbonyl (C=O) groups excluding carboxylic acids is 1. The van der Waals surface area contributed by atoms with E-state index in [9.17, 15) is 13.6 Å². The summed E-state index contributed by atoms with van der Waals surface area (Å²) in [6.07, 6.45) is 3.15. The SMILES string of the molecule is COc1cc(F)c([C@@H]2CNC(=O)[C@H]2Nc2nnc(-c3cccnc3)o2)c(F)c1. The number of ether oxygens (including phenoxy) is 1. The monoisotopic (exact) mass is 387 g/mol. The van der Waals surface area contributed by atoms with Crippen LogP contribution in [-0.4, -0.2) is 40.8 Å². The standard InChI is InChI=1S/C18H15F2N5O3/c1-27-10-5-12(19)14(13(20)6-10)11-8-22-16(26)15(11)23-18-25-24-17(28-18)9-3-2-4-21-7-9/h2-7,11,15H,8H2,1H3,(H,22,26)(H,23,25)/t11-,15-/m0/s1. The number of pyridine rings is 1. The van der Waals surface area contributed by atoms with E-state index in [1.54, 1.807) is 24.5 Å². The van der Waals surface area contributed by atoms with Crippen molar-refractivity contribution in [2.75, 3.05) is 19.0 Å². The van der Waals surface area contributed by atoms with Gasteiger partial charge in [0.25, 0.3) is 5.89 Å². The minimum absolute atomic E-state index is 0.0415. The second-order valence-electron chi connectivity index (χ2n) is 6.13. The number of amides is 1. The van der Waals surface area contributed by atoms with Gasteiger partial charge in [0, 0.05) is 42.6 Å². The van der Waals surface area contributed by atoms with E-state index in [2.05, 4.69) is 25.8 Å². The van der Waals surface area contributed by atoms with Crippen molar-refractivity contribution in [1.82, 2.24) is 20.5 Å². The van der Waals surface area contributed by atoms with E-state index in [0.717, 1.165) is 12.1 Å². The summed E-state index contributed by atoms with van der Waals surface area (Å²) < 4.78 is 39.3. The summed E-state index contributed by atoms with van der Waals surface area (Å²) in [6, 6.07) is 4.57. The molecule has 0 saturated carbocycles. The minimum Gasteiger partial charge on any atom is -0.497 e. The molecule has 4 rings (SSSR count). The van der Waals surface area contributed by atoms with Crippen molar-refractivity contribution in [1.29, 1.82) is 0 Å². The maximum atomic E-state index is 14.5. The quantitative estimate of drug-likeness (QED) is 0.691. The zero-order valence-corrected chi connectivity index (χ0v) is 14.6.